The van der Waals surface area contributed by atoms with Gasteiger partial charge in [0.05, 0.1) is 22.9 Å². The number of carboxylic acid groups (broad SMARTS) is 1. The molecule has 1 aromatic carbocycles. The van der Waals surface area contributed by atoms with E-state index < -0.39 is 10.8 Å². The smallest absolute Gasteiger partial charge is 0.0861 e. The van der Waals surface area contributed by atoms with Crippen molar-refractivity contribution in [1.29, 1.82) is 0 Å². The Morgan fingerprint density at radius 1 is 0.960 bits per heavy atom. The van der Waals surface area contributed by atoms with Crippen LogP contribution in [0.5, 0.6) is 0 Å². The van der Waals surface area contributed by atoms with Crippen LogP contribution in [0.4, 0.5) is 0 Å². The van der Waals surface area contributed by atoms with Gasteiger partial charge in [0.15, 0.2) is 0 Å². The lowest BCUT2D eigenvalue weighted by Crippen LogP contribution is -2.95. The predicted octanol–water partition coefficient (Wildman–Crippen LogP) is 2.96. The maximum Gasteiger partial charge on any atom is 0.0861 e. The predicted molar refractivity (Wildman–Crippen MR) is 104 cm³/mol. The molecular weight excluding hydrogens is 378 g/mol. The lowest BCUT2D eigenvalue weighted by atomic mass is 9.91. The molecule has 0 bridgehead atoms. The van der Waals surface area contributed by atoms with Crippen molar-refractivity contribution in [1.82, 2.24) is 0 Å². The Hall–Kier alpha value is -0.870. The van der Waals surface area contributed by atoms with Gasteiger partial charge < -0.3 is 15.2 Å². The highest BCUT2D eigenvalue weighted by Gasteiger charge is 2.22. The molecule has 0 saturated heterocycles. The summed E-state index contributed by atoms with van der Waals surface area (Å²) >= 11 is 3.02. The van der Waals surface area contributed by atoms with Crippen LogP contribution in [-0.2, 0) is 11.2 Å². The first kappa shape index (κ1) is 20.4. The second-order valence-corrected chi connectivity index (χ2v) is 8.57. The molecule has 3 nitrogen and oxygen atoms in total. The fourth-order valence-electron chi connectivity index (χ4n) is 3.94. The van der Waals surface area contributed by atoms with Crippen LogP contribution in [0.3, 0.4) is 0 Å². The average molecular weight is 410 g/mol. The van der Waals surface area contributed by atoms with Crippen LogP contribution in [0.1, 0.15) is 69.8 Å². The molecule has 0 amide bonds. The number of hydrogen-bond acceptors (Lipinski definition) is 2. The fourth-order valence-corrected chi connectivity index (χ4v) is 4.32. The Bertz CT molecular complexity index is 466. The minimum absolute atomic E-state index is 0.461. The Balaban J connectivity index is 0.000000181. The van der Waals surface area contributed by atoms with Crippen molar-refractivity contribution < 1.29 is 15.2 Å². The van der Waals surface area contributed by atoms with Gasteiger partial charge in [-0.15, -0.1) is 0 Å². The summed E-state index contributed by atoms with van der Waals surface area (Å²) in [5, 5.41) is 13.1. The van der Waals surface area contributed by atoms with Gasteiger partial charge in [-0.2, -0.15) is 0 Å². The number of alkyl halides is 1. The van der Waals surface area contributed by atoms with E-state index in [-0.39, 0.29) is 0 Å². The van der Waals surface area contributed by atoms with Crippen molar-refractivity contribution in [3.05, 3.63) is 35.9 Å². The zero-order chi connectivity index (χ0) is 17.9. The highest BCUT2D eigenvalue weighted by Crippen LogP contribution is 2.18. The van der Waals surface area contributed by atoms with E-state index in [1.54, 1.807) is 0 Å². The summed E-state index contributed by atoms with van der Waals surface area (Å²) in [5.41, 5.74) is 0.989. The molecule has 140 valence electrons. The van der Waals surface area contributed by atoms with Gasteiger partial charge in [-0.1, -0.05) is 59.1 Å². The van der Waals surface area contributed by atoms with E-state index in [4.69, 9.17) is 0 Å². The summed E-state index contributed by atoms with van der Waals surface area (Å²) in [6, 6.07) is 11.4. The van der Waals surface area contributed by atoms with E-state index in [0.717, 1.165) is 17.6 Å². The van der Waals surface area contributed by atoms with Gasteiger partial charge in [-0.3, -0.25) is 0 Å². The van der Waals surface area contributed by atoms with Crippen LogP contribution >= 0.6 is 15.9 Å². The van der Waals surface area contributed by atoms with E-state index in [1.165, 1.54) is 64.2 Å². The fraction of sp³-hybridized carbons (Fsp3) is 0.667. The van der Waals surface area contributed by atoms with E-state index in [1.807, 2.05) is 30.3 Å². The maximum absolute atomic E-state index is 10.3. The Kier molecular flexibility index (Phi) is 9.56. The first-order valence-electron chi connectivity index (χ1n) is 9.89. The van der Waals surface area contributed by atoms with Gasteiger partial charge in [-0.25, -0.2) is 0 Å². The Morgan fingerprint density at radius 2 is 1.44 bits per heavy atom. The summed E-state index contributed by atoms with van der Waals surface area (Å²) < 4.78 is 0. The first-order valence-corrected chi connectivity index (χ1v) is 10.8. The van der Waals surface area contributed by atoms with Gasteiger partial charge in [0, 0.05) is 0 Å². The number of benzene rings is 1. The molecule has 1 atom stereocenters. The number of rotatable bonds is 5. The number of carboxylic acids is 1. The molecule has 2 saturated carbocycles. The lowest BCUT2D eigenvalue weighted by molar-refractivity contribution is -0.725. The zero-order valence-electron chi connectivity index (χ0n) is 15.2. The molecule has 0 aromatic heterocycles. The van der Waals surface area contributed by atoms with E-state index >= 15 is 0 Å². The maximum atomic E-state index is 10.3. The minimum Gasteiger partial charge on any atom is -0.549 e. The second kappa shape index (κ2) is 11.7. The van der Waals surface area contributed by atoms with Crippen molar-refractivity contribution in [3.63, 3.8) is 0 Å². The molecule has 0 heterocycles. The van der Waals surface area contributed by atoms with Crippen LogP contribution in [0.2, 0.25) is 0 Å². The highest BCUT2D eigenvalue weighted by molar-refractivity contribution is 9.10. The number of quaternary nitrogens is 1. The van der Waals surface area contributed by atoms with Gasteiger partial charge in [0.2, 0.25) is 0 Å². The number of aliphatic carboxylic acids is 1. The van der Waals surface area contributed by atoms with Gasteiger partial charge >= 0.3 is 0 Å². The summed E-state index contributed by atoms with van der Waals surface area (Å²) in [6.07, 6.45) is 15.4. The SMILES string of the molecule is C1CCC([NH2+]C2CCCCC2)CC1.O=C([O-])[C@H](Br)Cc1ccccc1. The molecule has 2 aliphatic rings. The topological polar surface area (TPSA) is 56.7 Å². The van der Waals surface area contributed by atoms with Crippen molar-refractivity contribution in [2.45, 2.75) is 87.5 Å². The third kappa shape index (κ3) is 8.37. The summed E-state index contributed by atoms with van der Waals surface area (Å²) in [7, 11) is 0. The number of hydrogen-bond donors (Lipinski definition) is 1. The molecule has 4 heteroatoms. The molecule has 2 N–H and O–H groups in total. The van der Waals surface area contributed by atoms with Crippen LogP contribution in [0.15, 0.2) is 30.3 Å². The standard InChI is InChI=1S/C12H23N.C9H9BrO2/c1-3-7-11(8-4-1)13-12-9-5-2-6-10-12;10-8(9(11)12)6-7-4-2-1-3-5-7/h11-13H,1-10H2;1-5,8H,6H2,(H,11,12)/t;8-/m.1/s1. The molecule has 3 rings (SSSR count). The molecule has 2 aliphatic carbocycles. The zero-order valence-corrected chi connectivity index (χ0v) is 16.8. The molecule has 25 heavy (non-hydrogen) atoms. The largest absolute Gasteiger partial charge is 0.549 e. The third-order valence-electron chi connectivity index (χ3n) is 5.36. The molecule has 0 radical (unpaired) electrons. The Morgan fingerprint density at radius 3 is 1.88 bits per heavy atom. The molecular formula is C21H32BrNO2. The average Bonchev–Trinajstić information content (AvgIpc) is 2.65. The van der Waals surface area contributed by atoms with Gasteiger partial charge in [0.25, 0.3) is 0 Å². The summed E-state index contributed by atoms with van der Waals surface area (Å²) in [6.45, 7) is 0. The number of carbonyl (C=O) groups is 1. The van der Waals surface area contributed by atoms with E-state index in [0.29, 0.717) is 6.42 Å². The molecule has 0 spiro atoms. The summed E-state index contributed by atoms with van der Waals surface area (Å²) in [5.74, 6) is -1.07. The lowest BCUT2D eigenvalue weighted by Gasteiger charge is -2.27. The van der Waals surface area contributed by atoms with Crippen molar-refractivity contribution in [2.75, 3.05) is 0 Å². The summed E-state index contributed by atoms with van der Waals surface area (Å²) in [4.78, 5) is 9.75. The molecule has 2 fully saturated rings. The second-order valence-electron chi connectivity index (χ2n) is 7.46. The molecule has 0 aliphatic heterocycles. The molecule has 0 unspecified atom stereocenters. The first-order chi connectivity index (χ1) is 12.1. The Labute approximate surface area is 160 Å². The quantitative estimate of drug-likeness (QED) is 0.759. The van der Waals surface area contributed by atoms with Crippen LogP contribution in [0, 0.1) is 0 Å². The van der Waals surface area contributed by atoms with E-state index in [2.05, 4.69) is 21.2 Å². The van der Waals surface area contributed by atoms with Crippen LogP contribution < -0.4 is 10.4 Å². The minimum atomic E-state index is -1.07. The highest BCUT2D eigenvalue weighted by atomic mass is 79.9. The number of halogens is 1. The van der Waals surface area contributed by atoms with Crippen LogP contribution in [-0.4, -0.2) is 22.9 Å². The van der Waals surface area contributed by atoms with Crippen molar-refractivity contribution >= 4 is 21.9 Å². The van der Waals surface area contributed by atoms with E-state index in [9.17, 15) is 9.90 Å². The van der Waals surface area contributed by atoms with Crippen molar-refractivity contribution in [3.8, 4) is 0 Å². The number of nitrogens with two attached hydrogens (primary N) is 1. The van der Waals surface area contributed by atoms with Crippen molar-refractivity contribution in [2.24, 2.45) is 0 Å². The normalized spacial score (nSPS) is 20.4. The molecule has 1 aromatic rings. The monoisotopic (exact) mass is 409 g/mol. The van der Waals surface area contributed by atoms with Gasteiger partial charge in [0.1, 0.15) is 0 Å². The number of carbonyl (C=O) groups excluding carboxylic acids is 1. The van der Waals surface area contributed by atoms with Gasteiger partial charge in [-0.05, 0) is 63.4 Å². The van der Waals surface area contributed by atoms with Crippen LogP contribution in [0.25, 0.3) is 0 Å². The third-order valence-corrected chi connectivity index (χ3v) is 6.06.